The van der Waals surface area contributed by atoms with Crippen LogP contribution in [0.5, 0.6) is 0 Å². The predicted molar refractivity (Wildman–Crippen MR) is 115 cm³/mol. The van der Waals surface area contributed by atoms with Crippen LogP contribution in [0.3, 0.4) is 0 Å². The highest BCUT2D eigenvalue weighted by molar-refractivity contribution is 7.80. The summed E-state index contributed by atoms with van der Waals surface area (Å²) < 4.78 is 33.1. The molecule has 0 radical (unpaired) electrons. The van der Waals surface area contributed by atoms with Gasteiger partial charge < -0.3 is 9.04 Å². The van der Waals surface area contributed by atoms with Crippen molar-refractivity contribution >= 4 is 10.4 Å². The van der Waals surface area contributed by atoms with Crippen molar-refractivity contribution in [2.45, 2.75) is 104 Å². The van der Waals surface area contributed by atoms with E-state index in [4.69, 9.17) is 0 Å². The zero-order chi connectivity index (χ0) is 21.0. The molecule has 27 heavy (non-hydrogen) atoms. The highest BCUT2D eigenvalue weighted by Gasteiger charge is 2.04. The molecule has 0 aliphatic heterocycles. The van der Waals surface area contributed by atoms with Crippen molar-refractivity contribution in [1.82, 2.24) is 0 Å². The van der Waals surface area contributed by atoms with Gasteiger partial charge in [-0.1, -0.05) is 84.0 Å². The van der Waals surface area contributed by atoms with Crippen LogP contribution in [0.25, 0.3) is 0 Å². The van der Waals surface area contributed by atoms with E-state index in [0.717, 1.165) is 4.48 Å². The Kier molecular flexibility index (Phi) is 20.6. The molecule has 0 rings (SSSR count). The van der Waals surface area contributed by atoms with Crippen LogP contribution in [0.2, 0.25) is 0 Å². The van der Waals surface area contributed by atoms with Crippen LogP contribution >= 0.6 is 0 Å². The Morgan fingerprint density at radius 2 is 1.00 bits per heavy atom. The molecule has 166 valence electrons. The van der Waals surface area contributed by atoms with E-state index >= 15 is 0 Å². The zero-order valence-electron chi connectivity index (χ0n) is 18.8. The summed E-state index contributed by atoms with van der Waals surface area (Å²) in [6.45, 7) is 4.96. The molecule has 0 fully saturated rings. The van der Waals surface area contributed by atoms with Gasteiger partial charge in [0, 0.05) is 0 Å². The number of rotatable bonds is 17. The van der Waals surface area contributed by atoms with Crippen LogP contribution in [0.1, 0.15) is 104 Å². The Balaban J connectivity index is 0. The van der Waals surface area contributed by atoms with Crippen LogP contribution < -0.4 is 0 Å². The molecule has 0 aliphatic rings. The fourth-order valence-corrected chi connectivity index (χ4v) is 3.21. The lowest BCUT2D eigenvalue weighted by molar-refractivity contribution is -0.870. The van der Waals surface area contributed by atoms with Crippen molar-refractivity contribution in [3.8, 4) is 0 Å². The first-order chi connectivity index (χ1) is 12.6. The van der Waals surface area contributed by atoms with Gasteiger partial charge in [0.25, 0.3) is 0 Å². The van der Waals surface area contributed by atoms with Crippen molar-refractivity contribution in [2.24, 2.45) is 0 Å². The van der Waals surface area contributed by atoms with E-state index in [9.17, 15) is 13.0 Å². The fourth-order valence-electron chi connectivity index (χ4n) is 2.93. The van der Waals surface area contributed by atoms with Crippen LogP contribution in [0.15, 0.2) is 0 Å². The second-order valence-electron chi connectivity index (χ2n) is 8.42. The highest BCUT2D eigenvalue weighted by Crippen LogP contribution is 2.13. The highest BCUT2D eigenvalue weighted by atomic mass is 32.3. The van der Waals surface area contributed by atoms with Crippen molar-refractivity contribution in [3.63, 3.8) is 0 Å². The van der Waals surface area contributed by atoms with E-state index in [-0.39, 0.29) is 6.61 Å². The summed E-state index contributed by atoms with van der Waals surface area (Å²) in [5, 5.41) is 0. The topological polar surface area (TPSA) is 66.4 Å². The monoisotopic (exact) mass is 409 g/mol. The van der Waals surface area contributed by atoms with Gasteiger partial charge in [-0.15, -0.1) is 0 Å². The maximum Gasteiger partial charge on any atom is 0.217 e. The van der Waals surface area contributed by atoms with Gasteiger partial charge in [0.2, 0.25) is 10.4 Å². The predicted octanol–water partition coefficient (Wildman–Crippen LogP) is 5.66. The minimum Gasteiger partial charge on any atom is -0.726 e. The van der Waals surface area contributed by atoms with E-state index in [0.29, 0.717) is 0 Å². The van der Waals surface area contributed by atoms with Crippen LogP contribution in [-0.2, 0) is 14.6 Å². The Hall–Kier alpha value is -0.170. The van der Waals surface area contributed by atoms with E-state index in [1.807, 2.05) is 0 Å². The molecule has 0 aliphatic carbocycles. The average Bonchev–Trinajstić information content (AvgIpc) is 2.53. The van der Waals surface area contributed by atoms with Crippen LogP contribution in [0.4, 0.5) is 0 Å². The molecule has 0 amide bonds. The van der Waals surface area contributed by atoms with Crippen molar-refractivity contribution < 1.29 is 21.6 Å². The van der Waals surface area contributed by atoms with Crippen molar-refractivity contribution in [1.29, 1.82) is 0 Å². The van der Waals surface area contributed by atoms with Gasteiger partial charge in [-0.25, -0.2) is 8.42 Å². The summed E-state index contributed by atoms with van der Waals surface area (Å²) in [4.78, 5) is 0. The van der Waals surface area contributed by atoms with Gasteiger partial charge in [-0.2, -0.15) is 0 Å². The molecule has 0 unspecified atom stereocenters. The molecule has 0 aromatic heterocycles. The number of unbranched alkanes of at least 4 members (excludes halogenated alkanes) is 13. The van der Waals surface area contributed by atoms with Gasteiger partial charge in [0.1, 0.15) is 0 Å². The molecule has 0 bridgehead atoms. The molecule has 5 nitrogen and oxygen atoms in total. The van der Waals surface area contributed by atoms with Gasteiger partial charge in [0.15, 0.2) is 0 Å². The average molecular weight is 410 g/mol. The molecule has 0 saturated heterocycles. The van der Waals surface area contributed by atoms with E-state index in [1.54, 1.807) is 0 Å². The quantitative estimate of drug-likeness (QED) is 0.135. The maximum absolute atomic E-state index is 9.45. The van der Waals surface area contributed by atoms with Crippen LogP contribution in [0, 0.1) is 0 Å². The first-order valence-electron chi connectivity index (χ1n) is 11.0. The smallest absolute Gasteiger partial charge is 0.217 e. The van der Waals surface area contributed by atoms with Gasteiger partial charge in [-0.3, -0.25) is 4.18 Å². The molecule has 0 atom stereocenters. The van der Waals surface area contributed by atoms with Crippen LogP contribution in [-0.4, -0.2) is 51.7 Å². The zero-order valence-corrected chi connectivity index (χ0v) is 19.6. The molecule has 0 aromatic carbocycles. The summed E-state index contributed by atoms with van der Waals surface area (Å²) in [5.41, 5.74) is 0. The molecule has 0 saturated carbocycles. The third-order valence-corrected chi connectivity index (χ3v) is 4.97. The number of quaternary nitrogens is 1. The van der Waals surface area contributed by atoms with E-state index in [2.05, 4.69) is 32.2 Å². The fraction of sp³-hybridized carbons (Fsp3) is 1.00. The lowest BCUT2D eigenvalue weighted by Crippen LogP contribution is -2.35. The number of nitrogens with zero attached hydrogens (tertiary/aromatic N) is 1. The standard InChI is InChI=1S/C19H42N.C2H6O4S/c1-5-6-7-8-9-10-11-12-13-14-15-16-17-18-19-20(2,3)4;1-2-6-7(3,4)5/h5-19H2,1-4H3;2H2,1H3,(H,3,4,5)/q+1;/p-1. The third kappa shape index (κ3) is 33.8. The molecule has 0 N–H and O–H groups in total. The van der Waals surface area contributed by atoms with E-state index < -0.39 is 10.4 Å². The third-order valence-electron chi connectivity index (χ3n) is 4.44. The molecule has 0 heterocycles. The number of hydrogen-bond donors (Lipinski definition) is 0. The molecule has 6 heteroatoms. The first-order valence-corrected chi connectivity index (χ1v) is 12.4. The molecule has 0 aromatic rings. The molecular formula is C21H47NO4S. The second kappa shape index (κ2) is 19.2. The summed E-state index contributed by atoms with van der Waals surface area (Å²) in [5.74, 6) is 0. The second-order valence-corrected chi connectivity index (χ2v) is 9.48. The summed E-state index contributed by atoms with van der Waals surface area (Å²) in [6, 6.07) is 0. The summed E-state index contributed by atoms with van der Waals surface area (Å²) in [6.07, 6.45) is 20.4. The minimum absolute atomic E-state index is 0.0914. The minimum atomic E-state index is -4.42. The normalized spacial score (nSPS) is 11.9. The Labute approximate surface area is 170 Å². The molecule has 0 spiro atoms. The van der Waals surface area contributed by atoms with Crippen molar-refractivity contribution in [3.05, 3.63) is 0 Å². The maximum atomic E-state index is 9.45. The Bertz CT molecular complexity index is 391. The van der Waals surface area contributed by atoms with Gasteiger partial charge in [-0.05, 0) is 19.8 Å². The lowest BCUT2D eigenvalue weighted by atomic mass is 10.0. The largest absolute Gasteiger partial charge is 0.726 e. The van der Waals surface area contributed by atoms with Gasteiger partial charge >= 0.3 is 0 Å². The van der Waals surface area contributed by atoms with Crippen molar-refractivity contribution in [2.75, 3.05) is 34.3 Å². The lowest BCUT2D eigenvalue weighted by Gasteiger charge is -2.23. The summed E-state index contributed by atoms with van der Waals surface area (Å²) in [7, 11) is 2.46. The molecular weight excluding hydrogens is 362 g/mol. The first kappa shape index (κ1) is 29.0. The van der Waals surface area contributed by atoms with Gasteiger partial charge in [0.05, 0.1) is 34.3 Å². The van der Waals surface area contributed by atoms with E-state index in [1.165, 1.54) is 103 Å². The number of hydrogen-bond acceptors (Lipinski definition) is 4. The Morgan fingerprint density at radius 3 is 1.22 bits per heavy atom. The summed E-state index contributed by atoms with van der Waals surface area (Å²) >= 11 is 0. The Morgan fingerprint density at radius 1 is 0.667 bits per heavy atom. The SMILES string of the molecule is CCCCCCCCCCCCCCCC[N+](C)(C)C.CCOS(=O)(=O)[O-].